The molecule has 2 rings (SSSR count). The number of nitro groups is 1. The summed E-state index contributed by atoms with van der Waals surface area (Å²) in [4.78, 5) is 10.2. The standard InChI is InChI=1S/C8H9NO3/c1-7-5-3-4-6(9(10)11)8(7,2)12-7/h3-5H,1-2H3. The van der Waals surface area contributed by atoms with Gasteiger partial charge in [0.1, 0.15) is 5.60 Å². The quantitative estimate of drug-likeness (QED) is 0.335. The van der Waals surface area contributed by atoms with Crippen LogP contribution in [0.4, 0.5) is 0 Å². The first-order chi connectivity index (χ1) is 5.50. The summed E-state index contributed by atoms with van der Waals surface area (Å²) in [5, 5.41) is 10.6. The molecule has 0 aromatic carbocycles. The normalized spacial score (nSPS) is 43.3. The molecule has 1 fully saturated rings. The highest BCUT2D eigenvalue weighted by Gasteiger charge is 2.70. The van der Waals surface area contributed by atoms with Gasteiger partial charge in [-0.1, -0.05) is 6.08 Å². The first kappa shape index (κ1) is 7.49. The van der Waals surface area contributed by atoms with Crippen molar-refractivity contribution in [3.63, 3.8) is 0 Å². The van der Waals surface area contributed by atoms with E-state index in [4.69, 9.17) is 4.74 Å². The summed E-state index contributed by atoms with van der Waals surface area (Å²) in [7, 11) is 0. The van der Waals surface area contributed by atoms with Crippen molar-refractivity contribution in [1.29, 1.82) is 0 Å². The van der Waals surface area contributed by atoms with Gasteiger partial charge in [-0.05, 0) is 19.9 Å². The molecule has 1 saturated heterocycles. The molecule has 4 nitrogen and oxygen atoms in total. The Morgan fingerprint density at radius 1 is 1.58 bits per heavy atom. The zero-order valence-electron chi connectivity index (χ0n) is 6.90. The topological polar surface area (TPSA) is 55.7 Å². The Morgan fingerprint density at radius 3 is 2.75 bits per heavy atom. The number of epoxide rings is 1. The number of hydrogen-bond acceptors (Lipinski definition) is 3. The monoisotopic (exact) mass is 167 g/mol. The lowest BCUT2D eigenvalue weighted by Gasteiger charge is -2.08. The second-order valence-electron chi connectivity index (χ2n) is 3.41. The van der Waals surface area contributed by atoms with Gasteiger partial charge in [0.2, 0.25) is 0 Å². The molecule has 2 atom stereocenters. The van der Waals surface area contributed by atoms with E-state index in [0.29, 0.717) is 0 Å². The predicted molar refractivity (Wildman–Crippen MR) is 42.1 cm³/mol. The molecule has 0 aromatic rings. The van der Waals surface area contributed by atoms with Crippen LogP contribution in [0.25, 0.3) is 0 Å². The number of fused-ring (bicyclic) bond motifs is 1. The smallest absolute Gasteiger partial charge is 0.280 e. The highest BCUT2D eigenvalue weighted by molar-refractivity contribution is 5.39. The minimum absolute atomic E-state index is 0.146. The summed E-state index contributed by atoms with van der Waals surface area (Å²) in [6.07, 6.45) is 5.02. The van der Waals surface area contributed by atoms with Crippen LogP contribution >= 0.6 is 0 Å². The molecule has 1 aliphatic carbocycles. The average Bonchev–Trinajstić information content (AvgIpc) is 2.51. The van der Waals surface area contributed by atoms with E-state index in [1.165, 1.54) is 6.08 Å². The largest absolute Gasteiger partial charge is 0.347 e. The van der Waals surface area contributed by atoms with Crippen molar-refractivity contribution in [3.8, 4) is 0 Å². The first-order valence-electron chi connectivity index (χ1n) is 3.74. The number of allylic oxidation sites excluding steroid dienone is 2. The van der Waals surface area contributed by atoms with Gasteiger partial charge in [-0.2, -0.15) is 0 Å². The molecule has 1 heterocycles. The lowest BCUT2D eigenvalue weighted by molar-refractivity contribution is -0.434. The molecule has 0 spiro atoms. The van der Waals surface area contributed by atoms with Crippen molar-refractivity contribution < 1.29 is 9.66 Å². The van der Waals surface area contributed by atoms with Crippen molar-refractivity contribution in [1.82, 2.24) is 0 Å². The molecule has 0 amide bonds. The number of hydrogen-bond donors (Lipinski definition) is 0. The SMILES string of the molecule is CC12C=CC=C([N+](=O)[O-])C1(C)O2. The fraction of sp³-hybridized carbons (Fsp3) is 0.500. The molecule has 0 bridgehead atoms. The summed E-state index contributed by atoms with van der Waals surface area (Å²) < 4.78 is 5.33. The van der Waals surface area contributed by atoms with Crippen LogP contribution < -0.4 is 0 Å². The van der Waals surface area contributed by atoms with Gasteiger partial charge >= 0.3 is 0 Å². The summed E-state index contributed by atoms with van der Waals surface area (Å²) >= 11 is 0. The minimum Gasteiger partial charge on any atom is -0.347 e. The van der Waals surface area contributed by atoms with E-state index in [1.807, 2.05) is 13.0 Å². The van der Waals surface area contributed by atoms with Gasteiger partial charge in [0.25, 0.3) is 5.70 Å². The van der Waals surface area contributed by atoms with E-state index in [0.717, 1.165) is 0 Å². The maximum atomic E-state index is 10.6. The molecule has 2 unspecified atom stereocenters. The molecular formula is C8H9NO3. The van der Waals surface area contributed by atoms with Crippen molar-refractivity contribution in [2.75, 3.05) is 0 Å². The third kappa shape index (κ3) is 0.653. The van der Waals surface area contributed by atoms with Crippen LogP contribution in [0.5, 0.6) is 0 Å². The summed E-state index contributed by atoms with van der Waals surface area (Å²) in [5.41, 5.74) is -1.01. The molecule has 12 heavy (non-hydrogen) atoms. The highest BCUT2D eigenvalue weighted by Crippen LogP contribution is 2.55. The molecule has 0 aromatic heterocycles. The van der Waals surface area contributed by atoms with Crippen molar-refractivity contribution >= 4 is 0 Å². The van der Waals surface area contributed by atoms with Gasteiger partial charge in [0.05, 0.1) is 4.92 Å². The van der Waals surface area contributed by atoms with E-state index in [2.05, 4.69) is 0 Å². The van der Waals surface area contributed by atoms with Gasteiger partial charge in [-0.3, -0.25) is 10.1 Å². The molecular weight excluding hydrogens is 158 g/mol. The molecule has 0 saturated carbocycles. The summed E-state index contributed by atoms with van der Waals surface area (Å²) in [6, 6.07) is 0. The van der Waals surface area contributed by atoms with Crippen molar-refractivity contribution in [2.45, 2.75) is 25.0 Å². The first-order valence-corrected chi connectivity index (χ1v) is 3.74. The van der Waals surface area contributed by atoms with Crippen LogP contribution in [0.3, 0.4) is 0 Å². The second kappa shape index (κ2) is 1.77. The molecule has 64 valence electrons. The number of rotatable bonds is 1. The van der Waals surface area contributed by atoms with Crippen LogP contribution in [0.1, 0.15) is 13.8 Å². The Balaban J connectivity index is 2.43. The van der Waals surface area contributed by atoms with Crippen LogP contribution in [-0.4, -0.2) is 16.1 Å². The van der Waals surface area contributed by atoms with Crippen LogP contribution in [0.15, 0.2) is 23.9 Å². The maximum Gasteiger partial charge on any atom is 0.280 e. The average molecular weight is 167 g/mol. The van der Waals surface area contributed by atoms with Crippen LogP contribution in [0.2, 0.25) is 0 Å². The number of nitrogens with zero attached hydrogens (tertiary/aromatic N) is 1. The predicted octanol–water partition coefficient (Wildman–Crippen LogP) is 1.26. The maximum absolute atomic E-state index is 10.6. The second-order valence-corrected chi connectivity index (χ2v) is 3.41. The lowest BCUT2D eigenvalue weighted by atomic mass is 9.89. The third-order valence-electron chi connectivity index (χ3n) is 2.68. The van der Waals surface area contributed by atoms with E-state index in [9.17, 15) is 10.1 Å². The Labute approximate surface area is 69.7 Å². The van der Waals surface area contributed by atoms with Gasteiger partial charge in [-0.25, -0.2) is 0 Å². The van der Waals surface area contributed by atoms with E-state index in [-0.39, 0.29) is 10.6 Å². The van der Waals surface area contributed by atoms with Crippen molar-refractivity contribution in [2.24, 2.45) is 0 Å². The Bertz CT molecular complexity index is 320. The molecule has 0 N–H and O–H groups in total. The van der Waals surface area contributed by atoms with E-state index >= 15 is 0 Å². The van der Waals surface area contributed by atoms with Crippen molar-refractivity contribution in [3.05, 3.63) is 34.0 Å². The fourth-order valence-corrected chi connectivity index (χ4v) is 1.62. The van der Waals surface area contributed by atoms with Crippen LogP contribution in [-0.2, 0) is 4.74 Å². The zero-order valence-corrected chi connectivity index (χ0v) is 6.90. The van der Waals surface area contributed by atoms with E-state index in [1.54, 1.807) is 13.0 Å². The summed E-state index contributed by atoms with van der Waals surface area (Å²) in [5.74, 6) is 0. The Kier molecular flexibility index (Phi) is 1.10. The molecule has 1 aliphatic heterocycles. The molecule has 4 heteroatoms. The Morgan fingerprint density at radius 2 is 2.25 bits per heavy atom. The highest BCUT2D eigenvalue weighted by atomic mass is 16.7. The third-order valence-corrected chi connectivity index (χ3v) is 2.68. The zero-order chi connectivity index (χ0) is 8.98. The Hall–Kier alpha value is -1.16. The molecule has 0 radical (unpaired) electrons. The number of ether oxygens (including phenoxy) is 1. The minimum atomic E-state index is -0.703. The van der Waals surface area contributed by atoms with Gasteiger partial charge < -0.3 is 4.74 Å². The van der Waals surface area contributed by atoms with Gasteiger partial charge in [-0.15, -0.1) is 0 Å². The van der Waals surface area contributed by atoms with Gasteiger partial charge in [0, 0.05) is 6.08 Å². The fourth-order valence-electron chi connectivity index (χ4n) is 1.62. The van der Waals surface area contributed by atoms with Crippen LogP contribution in [0, 0.1) is 10.1 Å². The summed E-state index contributed by atoms with van der Waals surface area (Å²) in [6.45, 7) is 3.59. The van der Waals surface area contributed by atoms with E-state index < -0.39 is 11.2 Å². The van der Waals surface area contributed by atoms with Gasteiger partial charge in [0.15, 0.2) is 5.60 Å². The lowest BCUT2D eigenvalue weighted by Crippen LogP contribution is -2.26. The molecule has 2 aliphatic rings.